The van der Waals surface area contributed by atoms with Crippen molar-refractivity contribution in [2.24, 2.45) is 0 Å². The SMILES string of the molecule is Cc1cccc(CN2CCC2)c1F. The zero-order valence-corrected chi connectivity index (χ0v) is 7.89. The van der Waals surface area contributed by atoms with Crippen LogP contribution in [0.25, 0.3) is 0 Å². The van der Waals surface area contributed by atoms with E-state index in [4.69, 9.17) is 0 Å². The zero-order valence-electron chi connectivity index (χ0n) is 7.89. The van der Waals surface area contributed by atoms with E-state index in [1.165, 1.54) is 6.42 Å². The van der Waals surface area contributed by atoms with Gasteiger partial charge in [-0.15, -0.1) is 0 Å². The molecule has 70 valence electrons. The van der Waals surface area contributed by atoms with Gasteiger partial charge in [0, 0.05) is 12.1 Å². The van der Waals surface area contributed by atoms with Crippen LogP contribution in [0.1, 0.15) is 17.5 Å². The molecule has 1 nitrogen and oxygen atoms in total. The number of likely N-dealkylation sites (tertiary alicyclic amines) is 1. The fraction of sp³-hybridized carbons (Fsp3) is 0.455. The van der Waals surface area contributed by atoms with Gasteiger partial charge < -0.3 is 0 Å². The predicted molar refractivity (Wildman–Crippen MR) is 51.0 cm³/mol. The van der Waals surface area contributed by atoms with Gasteiger partial charge in [0.1, 0.15) is 5.82 Å². The molecule has 0 atom stereocenters. The minimum absolute atomic E-state index is 0.0330. The van der Waals surface area contributed by atoms with Crippen LogP contribution in [0.4, 0.5) is 4.39 Å². The first-order chi connectivity index (χ1) is 6.27. The molecule has 2 rings (SSSR count). The summed E-state index contributed by atoms with van der Waals surface area (Å²) in [6.45, 7) is 4.82. The van der Waals surface area contributed by atoms with Crippen molar-refractivity contribution in [2.75, 3.05) is 13.1 Å². The maximum absolute atomic E-state index is 13.5. The number of benzene rings is 1. The Morgan fingerprint density at radius 3 is 2.77 bits per heavy atom. The lowest BCUT2D eigenvalue weighted by atomic mass is 10.1. The van der Waals surface area contributed by atoms with Gasteiger partial charge in [0.25, 0.3) is 0 Å². The third-order valence-electron chi connectivity index (χ3n) is 2.61. The summed E-state index contributed by atoms with van der Waals surface area (Å²) >= 11 is 0. The van der Waals surface area contributed by atoms with Gasteiger partial charge in [-0.2, -0.15) is 0 Å². The Labute approximate surface area is 78.2 Å². The molecule has 0 N–H and O–H groups in total. The molecule has 0 aromatic heterocycles. The molecule has 1 saturated heterocycles. The summed E-state index contributed by atoms with van der Waals surface area (Å²) in [7, 11) is 0. The van der Waals surface area contributed by atoms with Crippen LogP contribution in [0.3, 0.4) is 0 Å². The number of nitrogens with zero attached hydrogens (tertiary/aromatic N) is 1. The van der Waals surface area contributed by atoms with E-state index in [-0.39, 0.29) is 5.82 Å². The van der Waals surface area contributed by atoms with Gasteiger partial charge in [0.15, 0.2) is 0 Å². The van der Waals surface area contributed by atoms with E-state index in [0.29, 0.717) is 0 Å². The predicted octanol–water partition coefficient (Wildman–Crippen LogP) is 2.34. The summed E-state index contributed by atoms with van der Waals surface area (Å²) in [5, 5.41) is 0. The maximum atomic E-state index is 13.5. The van der Waals surface area contributed by atoms with Crippen LogP contribution in [0, 0.1) is 12.7 Å². The highest BCUT2D eigenvalue weighted by Crippen LogP contribution is 2.17. The first-order valence-electron chi connectivity index (χ1n) is 4.74. The normalized spacial score (nSPS) is 17.1. The minimum atomic E-state index is -0.0330. The van der Waals surface area contributed by atoms with Crippen LogP contribution in [0.5, 0.6) is 0 Å². The first-order valence-corrected chi connectivity index (χ1v) is 4.74. The number of hydrogen-bond donors (Lipinski definition) is 0. The average molecular weight is 179 g/mol. The summed E-state index contributed by atoms with van der Waals surface area (Å²) in [5.74, 6) is -0.0330. The lowest BCUT2D eigenvalue weighted by Crippen LogP contribution is -2.36. The number of aryl methyl sites for hydroxylation is 1. The molecule has 0 aliphatic carbocycles. The van der Waals surface area contributed by atoms with E-state index in [9.17, 15) is 4.39 Å². The molecule has 1 aromatic rings. The van der Waals surface area contributed by atoms with Gasteiger partial charge >= 0.3 is 0 Å². The van der Waals surface area contributed by atoms with E-state index < -0.39 is 0 Å². The second-order valence-corrected chi connectivity index (χ2v) is 3.68. The van der Waals surface area contributed by atoms with Crippen molar-refractivity contribution >= 4 is 0 Å². The third kappa shape index (κ3) is 1.73. The van der Waals surface area contributed by atoms with Gasteiger partial charge in [0.2, 0.25) is 0 Å². The van der Waals surface area contributed by atoms with Crippen LogP contribution in [-0.4, -0.2) is 18.0 Å². The quantitative estimate of drug-likeness (QED) is 0.673. The van der Waals surface area contributed by atoms with E-state index in [1.807, 2.05) is 25.1 Å². The van der Waals surface area contributed by atoms with Crippen molar-refractivity contribution in [3.63, 3.8) is 0 Å². The summed E-state index contributed by atoms with van der Waals surface area (Å²) in [4.78, 5) is 2.26. The summed E-state index contributed by atoms with van der Waals surface area (Å²) in [6, 6.07) is 5.61. The van der Waals surface area contributed by atoms with Gasteiger partial charge in [-0.3, -0.25) is 4.90 Å². The highest BCUT2D eigenvalue weighted by atomic mass is 19.1. The lowest BCUT2D eigenvalue weighted by molar-refractivity contribution is 0.170. The fourth-order valence-corrected chi connectivity index (χ4v) is 1.61. The Hall–Kier alpha value is -0.890. The molecule has 1 aliphatic rings. The average Bonchev–Trinajstić information content (AvgIpc) is 2.04. The Morgan fingerprint density at radius 2 is 2.15 bits per heavy atom. The highest BCUT2D eigenvalue weighted by molar-refractivity contribution is 5.24. The molecule has 1 aromatic carbocycles. The first kappa shape index (κ1) is 8.70. The van der Waals surface area contributed by atoms with Crippen molar-refractivity contribution < 1.29 is 4.39 Å². The Morgan fingerprint density at radius 1 is 1.38 bits per heavy atom. The summed E-state index contributed by atoms with van der Waals surface area (Å²) in [5.41, 5.74) is 1.58. The van der Waals surface area contributed by atoms with Crippen LogP contribution in [0.2, 0.25) is 0 Å². The van der Waals surface area contributed by atoms with Crippen LogP contribution in [-0.2, 0) is 6.54 Å². The van der Waals surface area contributed by atoms with Crippen LogP contribution < -0.4 is 0 Å². The zero-order chi connectivity index (χ0) is 9.26. The summed E-state index contributed by atoms with van der Waals surface area (Å²) < 4.78 is 13.5. The molecule has 1 fully saturated rings. The minimum Gasteiger partial charge on any atom is -0.299 e. The van der Waals surface area contributed by atoms with Crippen molar-refractivity contribution in [1.29, 1.82) is 0 Å². The molecule has 0 amide bonds. The number of hydrogen-bond acceptors (Lipinski definition) is 1. The van der Waals surface area contributed by atoms with Crippen LogP contribution in [0.15, 0.2) is 18.2 Å². The van der Waals surface area contributed by atoms with Gasteiger partial charge in [0.05, 0.1) is 0 Å². The molecule has 1 aliphatic heterocycles. The molecule has 0 radical (unpaired) electrons. The maximum Gasteiger partial charge on any atom is 0.130 e. The largest absolute Gasteiger partial charge is 0.299 e. The third-order valence-corrected chi connectivity index (χ3v) is 2.61. The molecule has 0 bridgehead atoms. The smallest absolute Gasteiger partial charge is 0.130 e. The van der Waals surface area contributed by atoms with Gasteiger partial charge in [-0.05, 0) is 32.0 Å². The van der Waals surface area contributed by atoms with Crippen molar-refractivity contribution in [2.45, 2.75) is 19.9 Å². The molecular formula is C11H14FN. The lowest BCUT2D eigenvalue weighted by Gasteiger charge is -2.30. The molecule has 0 spiro atoms. The topological polar surface area (TPSA) is 3.24 Å². The van der Waals surface area contributed by atoms with E-state index in [1.54, 1.807) is 0 Å². The Balaban J connectivity index is 2.14. The fourth-order valence-electron chi connectivity index (χ4n) is 1.61. The molecule has 0 saturated carbocycles. The molecule has 0 unspecified atom stereocenters. The van der Waals surface area contributed by atoms with Crippen LogP contribution >= 0.6 is 0 Å². The standard InChI is InChI=1S/C11H14FN/c1-9-4-2-5-10(11(9)12)8-13-6-3-7-13/h2,4-5H,3,6-8H2,1H3. The Bertz CT molecular complexity index is 305. The van der Waals surface area contributed by atoms with Crippen molar-refractivity contribution in [3.8, 4) is 0 Å². The van der Waals surface area contributed by atoms with Gasteiger partial charge in [-0.1, -0.05) is 18.2 Å². The Kier molecular flexibility index (Phi) is 2.32. The molecular weight excluding hydrogens is 165 g/mol. The van der Waals surface area contributed by atoms with Gasteiger partial charge in [-0.25, -0.2) is 4.39 Å². The molecule has 13 heavy (non-hydrogen) atoms. The van der Waals surface area contributed by atoms with E-state index >= 15 is 0 Å². The summed E-state index contributed by atoms with van der Waals surface area (Å²) in [6.07, 6.45) is 1.26. The van der Waals surface area contributed by atoms with E-state index in [2.05, 4.69) is 4.90 Å². The highest BCUT2D eigenvalue weighted by Gasteiger charge is 2.15. The second kappa shape index (κ2) is 3.46. The monoisotopic (exact) mass is 179 g/mol. The van der Waals surface area contributed by atoms with Crippen molar-refractivity contribution in [3.05, 3.63) is 35.1 Å². The van der Waals surface area contributed by atoms with E-state index in [0.717, 1.165) is 30.8 Å². The molecule has 2 heteroatoms. The number of halogens is 1. The number of rotatable bonds is 2. The van der Waals surface area contributed by atoms with Crippen molar-refractivity contribution in [1.82, 2.24) is 4.90 Å². The molecule has 1 heterocycles. The second-order valence-electron chi connectivity index (χ2n) is 3.68.